The first-order valence-electron chi connectivity index (χ1n) is 25.6. The first-order chi connectivity index (χ1) is 34.7. The van der Waals surface area contributed by atoms with Crippen molar-refractivity contribution in [3.05, 3.63) is 60.2 Å². The van der Waals surface area contributed by atoms with Gasteiger partial charge in [-0.1, -0.05) is 6.07 Å². The number of rotatable bonds is 21. The highest BCUT2D eigenvalue weighted by Gasteiger charge is 2.39. The Morgan fingerprint density at radius 1 is 0.931 bits per heavy atom. The van der Waals surface area contributed by atoms with Gasteiger partial charge >= 0.3 is 6.18 Å². The molecular formula is C52H79F3N10O7. The molecule has 0 radical (unpaired) electrons. The van der Waals surface area contributed by atoms with Crippen LogP contribution in [0.4, 0.5) is 19.0 Å². The molecule has 400 valence electrons. The number of halogens is 3. The monoisotopic (exact) mass is 1010 g/mol. The highest BCUT2D eigenvalue weighted by Crippen LogP contribution is 2.35. The molecule has 17 nitrogen and oxygen atoms in total. The summed E-state index contributed by atoms with van der Waals surface area (Å²) in [5.74, 6) is 1.70. The second-order valence-electron chi connectivity index (χ2n) is 19.1. The maximum atomic E-state index is 13.2. The Kier molecular flexibility index (Phi) is 25.8. The van der Waals surface area contributed by atoms with E-state index in [1.54, 1.807) is 11.1 Å². The molecule has 0 spiro atoms. The van der Waals surface area contributed by atoms with Crippen LogP contribution in [0.5, 0.6) is 0 Å². The van der Waals surface area contributed by atoms with Crippen LogP contribution in [-0.2, 0) is 39.6 Å². The molecule has 4 heterocycles. The molecule has 3 aromatic rings. The minimum Gasteiger partial charge on any atom is -0.381 e. The number of amides is 4. The van der Waals surface area contributed by atoms with Gasteiger partial charge in [0.2, 0.25) is 24.1 Å². The summed E-state index contributed by atoms with van der Waals surface area (Å²) in [5, 5.41) is 8.66. The van der Waals surface area contributed by atoms with Crippen molar-refractivity contribution >= 4 is 47.1 Å². The van der Waals surface area contributed by atoms with E-state index in [1.807, 2.05) is 30.3 Å². The second-order valence-corrected chi connectivity index (χ2v) is 19.1. The number of benzene rings is 1. The molecule has 20 heteroatoms. The molecule has 72 heavy (non-hydrogen) atoms. The molecule has 2 aliphatic heterocycles. The van der Waals surface area contributed by atoms with Gasteiger partial charge in [-0.05, 0) is 140 Å². The summed E-state index contributed by atoms with van der Waals surface area (Å²) in [6.07, 6.45) is 14.4. The number of aromatic nitrogens is 3. The zero-order chi connectivity index (χ0) is 52.5. The molecule has 4 aliphatic rings. The van der Waals surface area contributed by atoms with Crippen LogP contribution in [0.3, 0.4) is 0 Å². The first kappa shape index (κ1) is 59.3. The third-order valence-electron chi connectivity index (χ3n) is 14.0. The Morgan fingerprint density at radius 2 is 1.62 bits per heavy atom. The number of nitrogens with one attached hydrogen (secondary N) is 3. The average molecular weight is 1010 g/mol. The Morgan fingerprint density at radius 3 is 2.22 bits per heavy atom. The number of carbonyl (C=O) groups excluding carboxylic acids is 5. The molecule has 2 saturated carbocycles. The van der Waals surface area contributed by atoms with E-state index < -0.39 is 17.8 Å². The van der Waals surface area contributed by atoms with E-state index in [1.165, 1.54) is 19.4 Å². The van der Waals surface area contributed by atoms with Crippen molar-refractivity contribution < 1.29 is 46.6 Å². The van der Waals surface area contributed by atoms with Gasteiger partial charge in [-0.15, -0.1) is 0 Å². The molecule has 2 unspecified atom stereocenters. The van der Waals surface area contributed by atoms with Crippen molar-refractivity contribution in [3.8, 4) is 0 Å². The lowest BCUT2D eigenvalue weighted by Crippen LogP contribution is -2.46. The van der Waals surface area contributed by atoms with Gasteiger partial charge in [0.1, 0.15) is 24.5 Å². The van der Waals surface area contributed by atoms with E-state index in [9.17, 15) is 37.1 Å². The smallest absolute Gasteiger partial charge is 0.381 e. The summed E-state index contributed by atoms with van der Waals surface area (Å²) in [5.41, 5.74) is 5.28. The number of carbonyl (C=O) groups is 5. The Balaban J connectivity index is 0.000000249. The third-order valence-corrected chi connectivity index (χ3v) is 14.0. The average Bonchev–Trinajstić information content (AvgIpc) is 3.93. The van der Waals surface area contributed by atoms with Crippen molar-refractivity contribution in [2.24, 2.45) is 17.6 Å². The van der Waals surface area contributed by atoms with Crippen LogP contribution >= 0.6 is 0 Å². The van der Waals surface area contributed by atoms with Gasteiger partial charge in [0.05, 0.1) is 23.7 Å². The number of hydrogen-bond acceptors (Lipinski definition) is 13. The van der Waals surface area contributed by atoms with Crippen molar-refractivity contribution in [2.45, 2.75) is 140 Å². The lowest BCUT2D eigenvalue weighted by atomic mass is 9.83. The second kappa shape index (κ2) is 31.3. The quantitative estimate of drug-likeness (QED) is 0.0680. The van der Waals surface area contributed by atoms with E-state index in [-0.39, 0.29) is 41.0 Å². The van der Waals surface area contributed by atoms with Crippen molar-refractivity contribution in [3.63, 3.8) is 0 Å². The van der Waals surface area contributed by atoms with Crippen LogP contribution in [0.1, 0.15) is 121 Å². The van der Waals surface area contributed by atoms with Gasteiger partial charge in [0.25, 0.3) is 0 Å². The molecule has 7 rings (SSSR count). The lowest BCUT2D eigenvalue weighted by Gasteiger charge is -2.39. The molecule has 2 atom stereocenters. The van der Waals surface area contributed by atoms with Gasteiger partial charge < -0.3 is 50.7 Å². The van der Waals surface area contributed by atoms with Gasteiger partial charge in [-0.2, -0.15) is 13.2 Å². The van der Waals surface area contributed by atoms with Crippen molar-refractivity contribution in [2.75, 3.05) is 72.5 Å². The summed E-state index contributed by atoms with van der Waals surface area (Å²) < 4.78 is 50.8. The fraction of sp³-hybridized carbons (Fsp3) is 0.654. The maximum Gasteiger partial charge on any atom is 0.416 e. The van der Waals surface area contributed by atoms with Crippen LogP contribution in [0.25, 0.3) is 10.9 Å². The normalized spacial score (nSPS) is 22.0. The highest BCUT2D eigenvalue weighted by atomic mass is 19.4. The molecule has 2 aromatic heterocycles. The van der Waals surface area contributed by atoms with Crippen LogP contribution in [0, 0.1) is 11.8 Å². The van der Waals surface area contributed by atoms with Gasteiger partial charge in [-0.25, -0.2) is 9.97 Å². The lowest BCUT2D eigenvalue weighted by molar-refractivity contribution is -0.137. The zero-order valence-corrected chi connectivity index (χ0v) is 42.9. The van der Waals surface area contributed by atoms with E-state index in [2.05, 4.69) is 62.4 Å². The van der Waals surface area contributed by atoms with Crippen molar-refractivity contribution in [1.29, 1.82) is 0 Å². The predicted molar refractivity (Wildman–Crippen MR) is 270 cm³/mol. The Hall–Kier alpha value is -5.31. The van der Waals surface area contributed by atoms with E-state index in [0.717, 1.165) is 95.0 Å². The number of aldehydes is 1. The van der Waals surface area contributed by atoms with E-state index >= 15 is 0 Å². The van der Waals surface area contributed by atoms with Crippen molar-refractivity contribution in [1.82, 2.24) is 40.3 Å². The molecule has 2 saturated heterocycles. The SMILES string of the molecule is CC(C)N(C)C1CCC(N2CCC(Nc3ncnc4ccc(C(F)(F)F)cc34)C2=O)CC1.CN.CN1C(=O)CCC1c1cccnc1.O=CCCNC(=O)CCCOCC1CCC(COCCNC=O)CC1. The molecular weight excluding hydrogens is 934 g/mol. The van der Waals surface area contributed by atoms with Gasteiger partial charge in [0.15, 0.2) is 0 Å². The number of fused-ring (bicyclic) bond motifs is 1. The third kappa shape index (κ3) is 18.9. The van der Waals surface area contributed by atoms with Crippen LogP contribution in [0.2, 0.25) is 0 Å². The number of anilines is 1. The summed E-state index contributed by atoms with van der Waals surface area (Å²) >= 11 is 0. The molecule has 0 bridgehead atoms. The summed E-state index contributed by atoms with van der Waals surface area (Å²) in [6.45, 7) is 8.76. The minimum atomic E-state index is -4.45. The number of nitrogens with zero attached hydrogens (tertiary/aromatic N) is 6. The number of alkyl halides is 3. The minimum absolute atomic E-state index is 0.00408. The van der Waals surface area contributed by atoms with E-state index in [0.29, 0.717) is 101 Å². The maximum absolute atomic E-state index is 13.2. The van der Waals surface area contributed by atoms with Crippen LogP contribution in [-0.4, -0.2) is 151 Å². The van der Waals surface area contributed by atoms with Gasteiger partial charge in [-0.3, -0.25) is 24.2 Å². The molecule has 4 fully saturated rings. The summed E-state index contributed by atoms with van der Waals surface area (Å²) in [4.78, 5) is 74.5. The molecule has 2 aliphatic carbocycles. The fourth-order valence-electron chi connectivity index (χ4n) is 9.63. The highest BCUT2D eigenvalue weighted by molar-refractivity contribution is 5.93. The Bertz CT molecular complexity index is 2090. The standard InChI is InChI=1S/C23H30F3N5O.C18H32N2O5.C10H12N2O.CH5N/c1-14(2)30(3)16-5-7-17(8-6-16)31-11-10-20(22(31)32)29-21-18-12-15(23(24,25)26)4-9-19(18)27-13-28-21;21-10-2-8-20-18(23)3-1-11-24-13-16-4-6-17(7-5-16)14-25-12-9-19-15-22;1-12-9(4-5-10(12)13)8-3-2-6-11-7-8;1-2/h4,9,12-14,16-17,20H,5-8,10-11H2,1-3H3,(H,27,28,29);10,15-17H,1-9,11-14H2,(H,19,22)(H,20,23);2-3,6-7,9H,4-5H2,1H3;2H2,1H3. The predicted octanol–water partition coefficient (Wildman–Crippen LogP) is 6.32. The number of nitrogens with two attached hydrogens (primary N) is 1. The summed E-state index contributed by atoms with van der Waals surface area (Å²) in [6, 6.07) is 8.34. The Labute approximate surface area is 423 Å². The number of pyridine rings is 1. The largest absolute Gasteiger partial charge is 0.416 e. The number of hydrogen-bond donors (Lipinski definition) is 4. The molecule has 5 N–H and O–H groups in total. The fourth-order valence-corrected chi connectivity index (χ4v) is 9.63. The topological polar surface area (TPSA) is 214 Å². The number of likely N-dealkylation sites (tertiary alicyclic amines) is 2. The summed E-state index contributed by atoms with van der Waals surface area (Å²) in [7, 11) is 5.51. The molecule has 1 aromatic carbocycles. The van der Waals surface area contributed by atoms with Crippen LogP contribution in [0.15, 0.2) is 49.1 Å². The van der Waals surface area contributed by atoms with Crippen LogP contribution < -0.4 is 21.7 Å². The van der Waals surface area contributed by atoms with Gasteiger partial charge in [0, 0.05) is 102 Å². The molecule has 4 amide bonds. The first-order valence-corrected chi connectivity index (χ1v) is 25.6. The van der Waals surface area contributed by atoms with E-state index in [4.69, 9.17) is 9.47 Å². The zero-order valence-electron chi connectivity index (χ0n) is 42.9. The number of ether oxygens (including phenoxy) is 2.